The van der Waals surface area contributed by atoms with Gasteiger partial charge in [-0.2, -0.15) is 13.2 Å². The Hall–Kier alpha value is -1.99. The number of hydrogen-bond acceptors (Lipinski definition) is 3. The van der Waals surface area contributed by atoms with Crippen molar-refractivity contribution >= 4 is 0 Å². The first-order chi connectivity index (χ1) is 11.9. The fourth-order valence-electron chi connectivity index (χ4n) is 2.71. The molecule has 0 radical (unpaired) electrons. The molecule has 1 heterocycles. The summed E-state index contributed by atoms with van der Waals surface area (Å²) in [7, 11) is 0. The first-order valence-electron chi connectivity index (χ1n) is 8.06. The van der Waals surface area contributed by atoms with Gasteiger partial charge in [0.2, 0.25) is 0 Å². The maximum Gasteiger partial charge on any atom is 0.416 e. The smallest absolute Gasteiger partial charge is 0.395 e. The number of aliphatic hydroxyl groups excluding tert-OH is 1. The summed E-state index contributed by atoms with van der Waals surface area (Å²) in [5, 5.41) is 12.4. The predicted molar refractivity (Wildman–Crippen MR) is 85.1 cm³/mol. The summed E-state index contributed by atoms with van der Waals surface area (Å²) in [5.74, 6) is -0.0817. The molecule has 7 heteroatoms. The first kappa shape index (κ1) is 17.8. The Morgan fingerprint density at radius 2 is 1.80 bits per heavy atom. The number of rotatable bonds is 6. The van der Waals surface area contributed by atoms with E-state index in [9.17, 15) is 22.7 Å². The Kier molecular flexibility index (Phi) is 5.06. The minimum Gasteiger partial charge on any atom is -0.395 e. The largest absolute Gasteiger partial charge is 0.416 e. The summed E-state index contributed by atoms with van der Waals surface area (Å²) in [6.45, 7) is 0.132. The third-order valence-electron chi connectivity index (χ3n) is 4.35. The van der Waals surface area contributed by atoms with Gasteiger partial charge in [-0.15, -0.1) is 0 Å². The maximum atomic E-state index is 14.0. The summed E-state index contributed by atoms with van der Waals surface area (Å²) >= 11 is 0. The van der Waals surface area contributed by atoms with E-state index >= 15 is 0 Å². The van der Waals surface area contributed by atoms with Crippen molar-refractivity contribution in [1.82, 2.24) is 10.3 Å². The lowest BCUT2D eigenvalue weighted by Crippen LogP contribution is -2.34. The zero-order valence-corrected chi connectivity index (χ0v) is 13.4. The molecule has 0 amide bonds. The molecule has 1 aliphatic carbocycles. The van der Waals surface area contributed by atoms with Crippen LogP contribution < -0.4 is 5.32 Å². The molecule has 1 saturated carbocycles. The van der Waals surface area contributed by atoms with Crippen molar-refractivity contribution in [3.05, 3.63) is 53.5 Å². The molecule has 0 aliphatic heterocycles. The lowest BCUT2D eigenvalue weighted by molar-refractivity contribution is -0.137. The fraction of sp³-hybridized carbons (Fsp3) is 0.389. The maximum absolute atomic E-state index is 14.0. The molecular formula is C18H18F4N2O. The molecule has 3 rings (SSSR count). The SMILES string of the molecule is OC[C@@H](NCc1nc(-c2ccc(C(F)(F)F)cc2)ccc1F)C1CC1. The van der Waals surface area contributed by atoms with E-state index in [1.807, 2.05) is 0 Å². The highest BCUT2D eigenvalue weighted by molar-refractivity contribution is 5.59. The quantitative estimate of drug-likeness (QED) is 0.777. The molecule has 1 fully saturated rings. The zero-order valence-electron chi connectivity index (χ0n) is 13.4. The molecule has 0 saturated heterocycles. The minimum absolute atomic E-state index is 0.0229. The third-order valence-corrected chi connectivity index (χ3v) is 4.35. The highest BCUT2D eigenvalue weighted by atomic mass is 19.4. The Labute approximate surface area is 142 Å². The summed E-state index contributed by atoms with van der Waals surface area (Å²) in [5.41, 5.74) is 0.320. The van der Waals surface area contributed by atoms with Gasteiger partial charge in [0.05, 0.1) is 23.6 Å². The van der Waals surface area contributed by atoms with Crippen LogP contribution in [-0.2, 0) is 12.7 Å². The van der Waals surface area contributed by atoms with E-state index in [0.717, 1.165) is 25.0 Å². The number of aliphatic hydroxyl groups is 1. The topological polar surface area (TPSA) is 45.1 Å². The molecule has 3 nitrogen and oxygen atoms in total. The summed E-state index contributed by atoms with van der Waals surface area (Å²) < 4.78 is 51.8. The molecule has 0 spiro atoms. The number of hydrogen-bond donors (Lipinski definition) is 2. The highest BCUT2D eigenvalue weighted by Gasteiger charge is 2.31. The van der Waals surface area contributed by atoms with Gasteiger partial charge in [-0.05, 0) is 43.0 Å². The number of halogens is 4. The van der Waals surface area contributed by atoms with Gasteiger partial charge in [-0.1, -0.05) is 12.1 Å². The Morgan fingerprint density at radius 1 is 1.12 bits per heavy atom. The third kappa shape index (κ3) is 4.35. The van der Waals surface area contributed by atoms with Crippen LogP contribution in [0.25, 0.3) is 11.3 Å². The summed E-state index contributed by atoms with van der Waals surface area (Å²) in [6, 6.07) is 7.20. The minimum atomic E-state index is -4.40. The second kappa shape index (κ2) is 7.09. The van der Waals surface area contributed by atoms with Gasteiger partial charge < -0.3 is 10.4 Å². The number of benzene rings is 1. The molecule has 2 N–H and O–H groups in total. The van der Waals surface area contributed by atoms with E-state index in [0.29, 0.717) is 17.2 Å². The zero-order chi connectivity index (χ0) is 18.0. The van der Waals surface area contributed by atoms with Gasteiger partial charge in [0.1, 0.15) is 5.82 Å². The van der Waals surface area contributed by atoms with Gasteiger partial charge >= 0.3 is 6.18 Å². The van der Waals surface area contributed by atoms with Crippen LogP contribution in [-0.4, -0.2) is 22.7 Å². The van der Waals surface area contributed by atoms with Crippen LogP contribution in [0.4, 0.5) is 17.6 Å². The van der Waals surface area contributed by atoms with E-state index in [4.69, 9.17) is 0 Å². The highest BCUT2D eigenvalue weighted by Crippen LogP contribution is 2.33. The molecule has 134 valence electrons. The van der Waals surface area contributed by atoms with Crippen molar-refractivity contribution in [3.63, 3.8) is 0 Å². The number of nitrogens with zero attached hydrogens (tertiary/aromatic N) is 1. The molecule has 1 aromatic heterocycles. The Morgan fingerprint density at radius 3 is 2.36 bits per heavy atom. The lowest BCUT2D eigenvalue weighted by Gasteiger charge is -2.15. The van der Waals surface area contributed by atoms with Gasteiger partial charge in [0.15, 0.2) is 0 Å². The molecule has 1 aromatic carbocycles. The van der Waals surface area contributed by atoms with Gasteiger partial charge in [0, 0.05) is 18.2 Å². The van der Waals surface area contributed by atoms with Crippen LogP contribution in [0, 0.1) is 11.7 Å². The van der Waals surface area contributed by atoms with Gasteiger partial charge in [-0.3, -0.25) is 0 Å². The molecule has 0 bridgehead atoms. The standard InChI is InChI=1S/C18H18F4N2O/c19-14-7-8-15(11-3-5-13(6-4-11)18(20,21)22)24-16(14)9-23-17(10-25)12-1-2-12/h3-8,12,17,23,25H,1-2,9-10H2/t17-/m1/s1. The van der Waals surface area contributed by atoms with Crippen molar-refractivity contribution in [2.75, 3.05) is 6.61 Å². The number of alkyl halides is 3. The number of aromatic nitrogens is 1. The summed E-state index contributed by atoms with van der Waals surface area (Å²) in [4.78, 5) is 4.22. The lowest BCUT2D eigenvalue weighted by atomic mass is 10.1. The van der Waals surface area contributed by atoms with Crippen molar-refractivity contribution in [2.45, 2.75) is 31.6 Å². The van der Waals surface area contributed by atoms with Crippen LogP contribution in [0.15, 0.2) is 36.4 Å². The molecular weight excluding hydrogens is 336 g/mol. The van der Waals surface area contributed by atoms with E-state index in [1.54, 1.807) is 0 Å². The van der Waals surface area contributed by atoms with Crippen molar-refractivity contribution in [2.24, 2.45) is 5.92 Å². The van der Waals surface area contributed by atoms with Crippen LogP contribution in [0.1, 0.15) is 24.1 Å². The van der Waals surface area contributed by atoms with E-state index in [2.05, 4.69) is 10.3 Å². The average Bonchev–Trinajstić information content (AvgIpc) is 3.41. The first-order valence-corrected chi connectivity index (χ1v) is 8.06. The van der Waals surface area contributed by atoms with E-state index in [1.165, 1.54) is 24.3 Å². The van der Waals surface area contributed by atoms with Crippen molar-refractivity contribution in [1.29, 1.82) is 0 Å². The number of pyridine rings is 1. The number of nitrogens with one attached hydrogen (secondary N) is 1. The second-order valence-electron chi connectivity index (χ2n) is 6.21. The Bertz CT molecular complexity index is 727. The second-order valence-corrected chi connectivity index (χ2v) is 6.21. The predicted octanol–water partition coefficient (Wildman–Crippen LogP) is 3.77. The molecule has 1 aliphatic rings. The molecule has 1 atom stereocenters. The van der Waals surface area contributed by atoms with Crippen LogP contribution >= 0.6 is 0 Å². The van der Waals surface area contributed by atoms with Crippen LogP contribution in [0.5, 0.6) is 0 Å². The van der Waals surface area contributed by atoms with Crippen LogP contribution in [0.3, 0.4) is 0 Å². The summed E-state index contributed by atoms with van der Waals surface area (Å²) in [6.07, 6.45) is -2.31. The van der Waals surface area contributed by atoms with Gasteiger partial charge in [-0.25, -0.2) is 9.37 Å². The molecule has 0 unspecified atom stereocenters. The average molecular weight is 354 g/mol. The van der Waals surface area contributed by atoms with Crippen molar-refractivity contribution < 1.29 is 22.7 Å². The van der Waals surface area contributed by atoms with Crippen LogP contribution in [0.2, 0.25) is 0 Å². The Balaban J connectivity index is 1.76. The van der Waals surface area contributed by atoms with E-state index < -0.39 is 17.6 Å². The molecule has 25 heavy (non-hydrogen) atoms. The van der Waals surface area contributed by atoms with E-state index in [-0.39, 0.29) is 24.9 Å². The monoisotopic (exact) mass is 354 g/mol. The fourth-order valence-corrected chi connectivity index (χ4v) is 2.71. The van der Waals surface area contributed by atoms with Crippen molar-refractivity contribution in [3.8, 4) is 11.3 Å². The van der Waals surface area contributed by atoms with Gasteiger partial charge in [0.25, 0.3) is 0 Å². The molecule has 2 aromatic rings. The normalized spacial score (nSPS) is 16.0.